The van der Waals surface area contributed by atoms with Crippen molar-refractivity contribution < 1.29 is 19.6 Å². The molecule has 1 aliphatic rings. The lowest BCUT2D eigenvalue weighted by molar-refractivity contribution is -0.385. The highest BCUT2D eigenvalue weighted by atomic mass is 16.6. The Labute approximate surface area is 122 Å². The number of carboxylic acid groups (broad SMARTS) is 1. The number of nitro benzene ring substituents is 1. The van der Waals surface area contributed by atoms with Crippen LogP contribution in [0.4, 0.5) is 11.4 Å². The molecule has 0 radical (unpaired) electrons. The fourth-order valence-electron chi connectivity index (χ4n) is 2.60. The average molecular weight is 294 g/mol. The van der Waals surface area contributed by atoms with Crippen LogP contribution in [0.1, 0.15) is 30.1 Å². The molecule has 0 amide bonds. The van der Waals surface area contributed by atoms with Crippen LogP contribution in [-0.2, 0) is 4.74 Å². The zero-order chi connectivity index (χ0) is 15.4. The van der Waals surface area contributed by atoms with Crippen LogP contribution in [0.25, 0.3) is 0 Å². The number of aromatic carboxylic acids is 1. The van der Waals surface area contributed by atoms with Crippen molar-refractivity contribution in [1.82, 2.24) is 0 Å². The first-order chi connectivity index (χ1) is 10.0. The lowest BCUT2D eigenvalue weighted by Gasteiger charge is -2.34. The third-order valence-electron chi connectivity index (χ3n) is 3.55. The molecule has 7 heteroatoms. The number of nitrogens with zero attached hydrogens (tertiary/aromatic N) is 2. The lowest BCUT2D eigenvalue weighted by atomic mass is 10.1. The van der Waals surface area contributed by atoms with Crippen molar-refractivity contribution in [1.29, 1.82) is 0 Å². The third-order valence-corrected chi connectivity index (χ3v) is 3.55. The fourth-order valence-corrected chi connectivity index (χ4v) is 2.60. The zero-order valence-corrected chi connectivity index (χ0v) is 11.8. The number of rotatable bonds is 5. The van der Waals surface area contributed by atoms with E-state index in [-0.39, 0.29) is 17.4 Å². The SMILES string of the molecule is CCOC1CCCN(c2ccc([N+](=O)[O-])c(C(=O)O)c2)C1. The van der Waals surface area contributed by atoms with E-state index < -0.39 is 10.9 Å². The summed E-state index contributed by atoms with van der Waals surface area (Å²) in [5.41, 5.74) is 0.0167. The lowest BCUT2D eigenvalue weighted by Crippen LogP contribution is -2.39. The van der Waals surface area contributed by atoms with Gasteiger partial charge in [-0.25, -0.2) is 4.79 Å². The van der Waals surface area contributed by atoms with Crippen LogP contribution < -0.4 is 4.90 Å². The number of ether oxygens (including phenoxy) is 1. The summed E-state index contributed by atoms with van der Waals surface area (Å²) in [6.45, 7) is 4.04. The average Bonchev–Trinajstić information content (AvgIpc) is 2.47. The minimum Gasteiger partial charge on any atom is -0.477 e. The highest BCUT2D eigenvalue weighted by Crippen LogP contribution is 2.27. The second kappa shape index (κ2) is 6.53. The summed E-state index contributed by atoms with van der Waals surface area (Å²) in [5, 5.41) is 20.0. The van der Waals surface area contributed by atoms with Crippen molar-refractivity contribution in [2.24, 2.45) is 0 Å². The molecule has 1 aromatic rings. The Morgan fingerprint density at radius 3 is 2.95 bits per heavy atom. The number of hydrogen-bond acceptors (Lipinski definition) is 5. The van der Waals surface area contributed by atoms with E-state index in [0.29, 0.717) is 18.8 Å². The molecular weight excluding hydrogens is 276 g/mol. The number of carboxylic acids is 1. The molecule has 1 fully saturated rings. The molecular formula is C14H18N2O5. The van der Waals surface area contributed by atoms with Crippen LogP contribution in [0.3, 0.4) is 0 Å². The Hall–Kier alpha value is -2.15. The Bertz CT molecular complexity index is 544. The number of hydrogen-bond donors (Lipinski definition) is 1. The Kier molecular flexibility index (Phi) is 4.74. The predicted octanol–water partition coefficient (Wildman–Crippen LogP) is 2.30. The van der Waals surface area contributed by atoms with Gasteiger partial charge in [-0.05, 0) is 31.9 Å². The van der Waals surface area contributed by atoms with E-state index in [1.807, 2.05) is 11.8 Å². The molecule has 0 bridgehead atoms. The van der Waals surface area contributed by atoms with Gasteiger partial charge >= 0.3 is 5.97 Å². The predicted molar refractivity (Wildman–Crippen MR) is 76.9 cm³/mol. The van der Waals surface area contributed by atoms with Crippen molar-refractivity contribution in [2.75, 3.05) is 24.6 Å². The largest absolute Gasteiger partial charge is 0.477 e. The van der Waals surface area contributed by atoms with Crippen LogP contribution in [0.2, 0.25) is 0 Å². The summed E-state index contributed by atoms with van der Waals surface area (Å²) >= 11 is 0. The molecule has 1 N–H and O–H groups in total. The fraction of sp³-hybridized carbons (Fsp3) is 0.500. The van der Waals surface area contributed by atoms with Gasteiger partial charge in [-0.1, -0.05) is 0 Å². The molecule has 0 aromatic heterocycles. The van der Waals surface area contributed by atoms with Gasteiger partial charge in [0.1, 0.15) is 5.56 Å². The van der Waals surface area contributed by atoms with Crippen molar-refractivity contribution in [3.8, 4) is 0 Å². The first-order valence-electron chi connectivity index (χ1n) is 6.91. The minimum absolute atomic E-state index is 0.118. The van der Waals surface area contributed by atoms with Crippen molar-refractivity contribution in [3.05, 3.63) is 33.9 Å². The minimum atomic E-state index is -1.29. The summed E-state index contributed by atoms with van der Waals surface area (Å²) < 4.78 is 5.61. The zero-order valence-electron chi connectivity index (χ0n) is 11.8. The Balaban J connectivity index is 2.25. The molecule has 2 rings (SSSR count). The monoisotopic (exact) mass is 294 g/mol. The summed E-state index contributed by atoms with van der Waals surface area (Å²) in [4.78, 5) is 23.4. The van der Waals surface area contributed by atoms with E-state index in [1.165, 1.54) is 12.1 Å². The maximum atomic E-state index is 11.2. The van der Waals surface area contributed by atoms with Gasteiger partial charge in [-0.2, -0.15) is 0 Å². The molecule has 1 aromatic carbocycles. The number of nitro groups is 1. The number of carbonyl (C=O) groups is 1. The van der Waals surface area contributed by atoms with Crippen LogP contribution in [0.5, 0.6) is 0 Å². The van der Waals surface area contributed by atoms with Gasteiger partial charge in [0.05, 0.1) is 11.0 Å². The summed E-state index contributed by atoms with van der Waals surface area (Å²) in [6.07, 6.45) is 2.04. The van der Waals surface area contributed by atoms with E-state index in [0.717, 1.165) is 19.4 Å². The van der Waals surface area contributed by atoms with Gasteiger partial charge in [0, 0.05) is 31.5 Å². The molecule has 1 saturated heterocycles. The number of benzene rings is 1. The van der Waals surface area contributed by atoms with Gasteiger partial charge in [0.2, 0.25) is 0 Å². The molecule has 0 spiro atoms. The molecule has 1 aliphatic heterocycles. The van der Waals surface area contributed by atoms with Crippen LogP contribution in [0.15, 0.2) is 18.2 Å². The molecule has 1 atom stereocenters. The Morgan fingerprint density at radius 2 is 2.33 bits per heavy atom. The molecule has 1 heterocycles. The first-order valence-corrected chi connectivity index (χ1v) is 6.91. The molecule has 7 nitrogen and oxygen atoms in total. The highest BCUT2D eigenvalue weighted by Gasteiger charge is 2.24. The molecule has 114 valence electrons. The van der Waals surface area contributed by atoms with Crippen molar-refractivity contribution >= 4 is 17.3 Å². The Morgan fingerprint density at radius 1 is 1.57 bits per heavy atom. The van der Waals surface area contributed by atoms with Gasteiger partial charge in [-0.3, -0.25) is 10.1 Å². The standard InChI is InChI=1S/C14H18N2O5/c1-2-21-11-4-3-7-15(9-11)10-5-6-13(16(19)20)12(8-10)14(17)18/h5-6,8,11H,2-4,7,9H2,1H3,(H,17,18). The van der Waals surface area contributed by atoms with E-state index in [4.69, 9.17) is 9.84 Å². The van der Waals surface area contributed by atoms with Crippen molar-refractivity contribution in [3.63, 3.8) is 0 Å². The van der Waals surface area contributed by atoms with E-state index >= 15 is 0 Å². The summed E-state index contributed by atoms with van der Waals surface area (Å²) in [5.74, 6) is -1.29. The van der Waals surface area contributed by atoms with Gasteiger partial charge < -0.3 is 14.7 Å². The van der Waals surface area contributed by atoms with E-state index in [2.05, 4.69) is 0 Å². The topological polar surface area (TPSA) is 92.9 Å². The van der Waals surface area contributed by atoms with Gasteiger partial charge in [0.15, 0.2) is 0 Å². The van der Waals surface area contributed by atoms with E-state index in [9.17, 15) is 14.9 Å². The van der Waals surface area contributed by atoms with Crippen LogP contribution >= 0.6 is 0 Å². The normalized spacial score (nSPS) is 18.5. The van der Waals surface area contributed by atoms with Crippen molar-refractivity contribution in [2.45, 2.75) is 25.9 Å². The third kappa shape index (κ3) is 3.49. The maximum Gasteiger partial charge on any atom is 0.342 e. The first kappa shape index (κ1) is 15.2. The van der Waals surface area contributed by atoms with E-state index in [1.54, 1.807) is 6.07 Å². The van der Waals surface area contributed by atoms with Crippen LogP contribution in [0, 0.1) is 10.1 Å². The second-order valence-corrected chi connectivity index (χ2v) is 4.93. The molecule has 0 saturated carbocycles. The van der Waals surface area contributed by atoms with Gasteiger partial charge in [-0.15, -0.1) is 0 Å². The summed E-state index contributed by atoms with van der Waals surface area (Å²) in [7, 11) is 0. The quantitative estimate of drug-likeness (QED) is 0.661. The number of piperidine rings is 1. The second-order valence-electron chi connectivity index (χ2n) is 4.93. The molecule has 0 aliphatic carbocycles. The maximum absolute atomic E-state index is 11.2. The van der Waals surface area contributed by atoms with Gasteiger partial charge in [0.25, 0.3) is 5.69 Å². The molecule has 1 unspecified atom stereocenters. The summed E-state index contributed by atoms with van der Waals surface area (Å²) in [6, 6.07) is 4.22. The number of anilines is 1. The molecule has 21 heavy (non-hydrogen) atoms. The smallest absolute Gasteiger partial charge is 0.342 e. The highest BCUT2D eigenvalue weighted by molar-refractivity contribution is 5.93. The van der Waals surface area contributed by atoms with Crippen LogP contribution in [-0.4, -0.2) is 41.8 Å².